The van der Waals surface area contributed by atoms with Crippen LogP contribution < -0.4 is 9.64 Å². The van der Waals surface area contributed by atoms with Gasteiger partial charge in [0.2, 0.25) is 0 Å². The van der Waals surface area contributed by atoms with Crippen LogP contribution in [0.5, 0.6) is 5.75 Å². The molecule has 0 fully saturated rings. The van der Waals surface area contributed by atoms with E-state index in [-0.39, 0.29) is 5.41 Å². The lowest BCUT2D eigenvalue weighted by Crippen LogP contribution is -2.28. The van der Waals surface area contributed by atoms with Gasteiger partial charge in [0.05, 0.1) is 5.41 Å². The van der Waals surface area contributed by atoms with E-state index < -0.39 is 5.41 Å². The van der Waals surface area contributed by atoms with Gasteiger partial charge in [0.15, 0.2) is 0 Å². The quantitative estimate of drug-likeness (QED) is 0.121. The van der Waals surface area contributed by atoms with E-state index in [2.05, 4.69) is 275 Å². The summed E-state index contributed by atoms with van der Waals surface area (Å²) in [4.78, 5) is 2.41. The molecule has 0 N–H and O–H groups in total. The Balaban J connectivity index is 0.920. The second kappa shape index (κ2) is 18.0. The summed E-state index contributed by atoms with van der Waals surface area (Å²) in [5, 5.41) is 0. The fourth-order valence-electron chi connectivity index (χ4n) is 11.6. The zero-order chi connectivity index (χ0) is 48.1. The number of ether oxygens (including phenoxy) is 1. The van der Waals surface area contributed by atoms with Gasteiger partial charge in [-0.05, 0) is 156 Å². The fraction of sp³-hybridized carbons (Fsp3) is 0.130. The summed E-state index contributed by atoms with van der Waals surface area (Å²) in [6.45, 7) is 9.76. The molecule has 2 aliphatic carbocycles. The summed E-state index contributed by atoms with van der Waals surface area (Å²) in [5.74, 6) is 1.41. The van der Waals surface area contributed by atoms with Crippen molar-refractivity contribution in [3.05, 3.63) is 287 Å². The van der Waals surface area contributed by atoms with Crippen LogP contribution in [0.15, 0.2) is 243 Å². The second-order valence-corrected chi connectivity index (χ2v) is 20.0. The molecule has 0 amide bonds. The zero-order valence-electron chi connectivity index (χ0n) is 40.9. The highest BCUT2D eigenvalue weighted by Gasteiger charge is 2.46. The highest BCUT2D eigenvalue weighted by Crippen LogP contribution is 2.57. The third kappa shape index (κ3) is 7.58. The molecule has 2 unspecified atom stereocenters. The number of rotatable bonds is 12. The SMILES string of the molecule is CCC(C)c1ccc(COc2ccc(C3(c4ccccc4)c4ccccc4-c4ccc(-c5ccc(N(c6ccc(-c7ccccc7)cc6)c6ccc7c(c6)C(C)(C)c6ccccc6-7)cc5)cc43)cc2)cc1. The van der Waals surface area contributed by atoms with Crippen LogP contribution in [0.2, 0.25) is 0 Å². The molecule has 0 radical (unpaired) electrons. The van der Waals surface area contributed by atoms with E-state index in [1.54, 1.807) is 0 Å². The van der Waals surface area contributed by atoms with Crippen molar-refractivity contribution in [1.29, 1.82) is 0 Å². The summed E-state index contributed by atoms with van der Waals surface area (Å²) in [5.41, 5.74) is 22.9. The molecule has 0 aliphatic heterocycles. The van der Waals surface area contributed by atoms with E-state index in [0.717, 1.165) is 29.2 Å². The molecule has 12 rings (SSSR count). The fourth-order valence-corrected chi connectivity index (χ4v) is 11.6. The van der Waals surface area contributed by atoms with E-state index in [9.17, 15) is 0 Å². The second-order valence-electron chi connectivity index (χ2n) is 20.0. The maximum atomic E-state index is 6.44. The number of hydrogen-bond donors (Lipinski definition) is 0. The van der Waals surface area contributed by atoms with E-state index in [4.69, 9.17) is 4.74 Å². The first kappa shape index (κ1) is 44.0. The smallest absolute Gasteiger partial charge is 0.119 e. The molecule has 0 saturated heterocycles. The predicted molar refractivity (Wildman–Crippen MR) is 296 cm³/mol. The Morgan fingerprint density at radius 1 is 0.408 bits per heavy atom. The number of benzene rings is 10. The van der Waals surface area contributed by atoms with Crippen molar-refractivity contribution in [1.82, 2.24) is 0 Å². The molecule has 0 spiro atoms. The Hall–Kier alpha value is -8.20. The Kier molecular flexibility index (Phi) is 11.1. The first-order valence-corrected chi connectivity index (χ1v) is 25.2. The van der Waals surface area contributed by atoms with Gasteiger partial charge in [0.25, 0.3) is 0 Å². The third-order valence-corrected chi connectivity index (χ3v) is 15.6. The van der Waals surface area contributed by atoms with Crippen LogP contribution in [0.3, 0.4) is 0 Å². The zero-order valence-corrected chi connectivity index (χ0v) is 40.9. The summed E-state index contributed by atoms with van der Waals surface area (Å²) < 4.78 is 6.44. The Morgan fingerprint density at radius 2 is 0.901 bits per heavy atom. The number of hydrogen-bond acceptors (Lipinski definition) is 2. The Bertz CT molecular complexity index is 3520. The molecular formula is C69H57NO. The summed E-state index contributed by atoms with van der Waals surface area (Å²) >= 11 is 0. The van der Waals surface area contributed by atoms with Gasteiger partial charge in [-0.2, -0.15) is 0 Å². The standard InChI is InChI=1S/C69H57NO/c1-5-47(2)49-26-24-48(25-27-49)46-71-59-40-33-55(34-41-59)69(54-18-10-7-11-19-54)65-23-15-13-21-61(65)63-42-32-53(44-67(63)69)52-30-37-57(38-31-52)70(56-35-28-51(29-36-56)50-16-8-6-9-17-50)58-39-43-62-60-20-12-14-22-64(60)68(3,4)66(62)45-58/h6-45,47H,5,46H2,1-4H3. The van der Waals surface area contributed by atoms with Crippen LogP contribution in [-0.2, 0) is 17.4 Å². The van der Waals surface area contributed by atoms with Crippen LogP contribution in [0.4, 0.5) is 17.1 Å². The summed E-state index contributed by atoms with van der Waals surface area (Å²) in [6.07, 6.45) is 1.13. The highest BCUT2D eigenvalue weighted by molar-refractivity contribution is 5.90. The van der Waals surface area contributed by atoms with E-state index in [0.29, 0.717) is 12.5 Å². The lowest BCUT2D eigenvalue weighted by atomic mass is 9.67. The van der Waals surface area contributed by atoms with Crippen molar-refractivity contribution in [2.45, 2.75) is 57.5 Å². The van der Waals surface area contributed by atoms with Gasteiger partial charge in [0.1, 0.15) is 12.4 Å². The number of nitrogens with zero attached hydrogens (tertiary/aromatic N) is 1. The van der Waals surface area contributed by atoms with Crippen LogP contribution in [0.1, 0.15) is 84.5 Å². The molecule has 344 valence electrons. The average molecular weight is 916 g/mol. The van der Waals surface area contributed by atoms with Crippen molar-refractivity contribution >= 4 is 17.1 Å². The lowest BCUT2D eigenvalue weighted by molar-refractivity contribution is 0.306. The molecule has 2 aliphatic rings. The van der Waals surface area contributed by atoms with Crippen molar-refractivity contribution < 1.29 is 4.74 Å². The topological polar surface area (TPSA) is 12.5 Å². The molecule has 10 aromatic rings. The summed E-state index contributed by atoms with van der Waals surface area (Å²) in [7, 11) is 0. The maximum absolute atomic E-state index is 6.44. The van der Waals surface area contributed by atoms with E-state index in [1.165, 1.54) is 89.0 Å². The lowest BCUT2D eigenvalue weighted by Gasteiger charge is -2.34. The van der Waals surface area contributed by atoms with Crippen LogP contribution in [0, 0.1) is 0 Å². The molecule has 2 atom stereocenters. The molecule has 0 saturated carbocycles. The summed E-state index contributed by atoms with van der Waals surface area (Å²) in [6, 6.07) is 89.6. The monoisotopic (exact) mass is 915 g/mol. The van der Waals surface area contributed by atoms with Gasteiger partial charge in [-0.25, -0.2) is 0 Å². The molecule has 2 nitrogen and oxygen atoms in total. The van der Waals surface area contributed by atoms with Crippen LogP contribution in [0.25, 0.3) is 44.5 Å². The van der Waals surface area contributed by atoms with Crippen molar-refractivity contribution in [3.63, 3.8) is 0 Å². The van der Waals surface area contributed by atoms with E-state index >= 15 is 0 Å². The minimum atomic E-state index is -0.544. The highest BCUT2D eigenvalue weighted by atomic mass is 16.5. The molecule has 0 aromatic heterocycles. The Labute approximate surface area is 419 Å². The predicted octanol–water partition coefficient (Wildman–Crippen LogP) is 18.3. The van der Waals surface area contributed by atoms with E-state index in [1.807, 2.05) is 0 Å². The molecule has 0 heterocycles. The minimum absolute atomic E-state index is 0.118. The Morgan fingerprint density at radius 3 is 1.56 bits per heavy atom. The molecule has 2 heteroatoms. The largest absolute Gasteiger partial charge is 0.489 e. The van der Waals surface area contributed by atoms with Gasteiger partial charge in [0, 0.05) is 22.5 Å². The number of fused-ring (bicyclic) bond motifs is 6. The molecular weight excluding hydrogens is 859 g/mol. The average Bonchev–Trinajstić information content (AvgIpc) is 3.86. The van der Waals surface area contributed by atoms with Gasteiger partial charge in [-0.3, -0.25) is 0 Å². The van der Waals surface area contributed by atoms with Crippen LogP contribution in [-0.4, -0.2) is 0 Å². The first-order chi connectivity index (χ1) is 34.8. The molecule has 10 aromatic carbocycles. The normalized spacial score (nSPS) is 15.3. The van der Waals surface area contributed by atoms with Crippen molar-refractivity contribution in [3.8, 4) is 50.3 Å². The first-order valence-electron chi connectivity index (χ1n) is 25.2. The molecule has 0 bridgehead atoms. The van der Waals surface area contributed by atoms with Crippen molar-refractivity contribution in [2.24, 2.45) is 0 Å². The third-order valence-electron chi connectivity index (χ3n) is 15.6. The number of anilines is 3. The van der Waals surface area contributed by atoms with Crippen LogP contribution >= 0.6 is 0 Å². The van der Waals surface area contributed by atoms with Gasteiger partial charge in [-0.15, -0.1) is 0 Å². The molecule has 71 heavy (non-hydrogen) atoms. The maximum Gasteiger partial charge on any atom is 0.119 e. The van der Waals surface area contributed by atoms with Gasteiger partial charge in [-0.1, -0.05) is 216 Å². The van der Waals surface area contributed by atoms with Gasteiger partial charge >= 0.3 is 0 Å². The van der Waals surface area contributed by atoms with Gasteiger partial charge < -0.3 is 9.64 Å². The van der Waals surface area contributed by atoms with Crippen molar-refractivity contribution in [2.75, 3.05) is 4.90 Å². The minimum Gasteiger partial charge on any atom is -0.489 e.